The molecule has 0 spiro atoms. The number of nitrogens with zero attached hydrogens (tertiary/aromatic N) is 2. The number of para-hydroxylation sites is 1. The Labute approximate surface area is 269 Å². The maximum absolute atomic E-state index is 15.1. The number of pyridine rings is 1. The summed E-state index contributed by atoms with van der Waals surface area (Å²) >= 11 is 0. The van der Waals surface area contributed by atoms with Crippen LogP contribution < -0.4 is 10.9 Å². The van der Waals surface area contributed by atoms with Crippen LogP contribution in [0.25, 0.3) is 10.9 Å². The van der Waals surface area contributed by atoms with Crippen LogP contribution in [0, 0.1) is 5.82 Å². The molecule has 1 aliphatic heterocycles. The van der Waals surface area contributed by atoms with E-state index in [1.165, 1.54) is 43.0 Å². The van der Waals surface area contributed by atoms with Crippen LogP contribution >= 0.6 is 0 Å². The fourth-order valence-corrected chi connectivity index (χ4v) is 7.29. The largest absolute Gasteiger partial charge is 0.467 e. The Balaban J connectivity index is 1.34. The van der Waals surface area contributed by atoms with Crippen molar-refractivity contribution in [2.45, 2.75) is 56.8 Å². The highest BCUT2D eigenvalue weighted by molar-refractivity contribution is 5.98. The van der Waals surface area contributed by atoms with Gasteiger partial charge in [-0.05, 0) is 73.2 Å². The minimum Gasteiger partial charge on any atom is -0.467 e. The summed E-state index contributed by atoms with van der Waals surface area (Å²) in [6.45, 7) is 2.08. The number of carbonyl (C=O) groups excluding carboxylic acids is 2. The Morgan fingerprint density at radius 3 is 2.43 bits per heavy atom. The fraction of sp³-hybridized carbons (Fsp3) is 0.361. The molecule has 11 heteroatoms. The molecule has 1 amide bonds. The first-order valence-corrected chi connectivity index (χ1v) is 15.7. The maximum atomic E-state index is 15.1. The molecule has 4 aromatic rings. The molecule has 7 nitrogen and oxygen atoms in total. The quantitative estimate of drug-likeness (QED) is 0.191. The van der Waals surface area contributed by atoms with Gasteiger partial charge in [-0.3, -0.25) is 14.5 Å². The van der Waals surface area contributed by atoms with Crippen LogP contribution in [-0.4, -0.2) is 47.6 Å². The molecule has 1 aromatic heterocycles. The summed E-state index contributed by atoms with van der Waals surface area (Å²) in [7, 11) is 2.65. The number of esters is 1. The minimum atomic E-state index is -4.77. The van der Waals surface area contributed by atoms with Gasteiger partial charge < -0.3 is 14.6 Å². The third-order valence-electron chi connectivity index (χ3n) is 9.47. The van der Waals surface area contributed by atoms with E-state index < -0.39 is 47.0 Å². The molecule has 0 radical (unpaired) electrons. The zero-order valence-corrected chi connectivity index (χ0v) is 26.1. The second-order valence-electron chi connectivity index (χ2n) is 12.3. The van der Waals surface area contributed by atoms with Gasteiger partial charge in [-0.25, -0.2) is 9.18 Å². The van der Waals surface area contributed by atoms with Crippen LogP contribution in [0.3, 0.4) is 0 Å². The zero-order valence-electron chi connectivity index (χ0n) is 26.1. The van der Waals surface area contributed by atoms with Gasteiger partial charge in [0.1, 0.15) is 11.9 Å². The average Bonchev–Trinajstić information content (AvgIpc) is 3.72. The number of methoxy groups -OCH3 is 1. The Bertz CT molecular complexity index is 1910. The van der Waals surface area contributed by atoms with Crippen LogP contribution in [0.5, 0.6) is 0 Å². The Hall–Kier alpha value is -4.51. The molecular formula is C36H35F4N3O4. The number of aromatic nitrogens is 1. The topological polar surface area (TPSA) is 80.6 Å². The number of alkyl halides is 3. The standard InChI is InChI=1S/C36H35F4N3O4/c1-42-29-14-4-3-11-26(29)32(36(38,39)40)31(34(42)45)25-16-15-23-21(9-7-12-24(23)25)19-28(35(46)47-2)41-33(44)30-22(10-8-13-27(30)37)20-43-17-5-6-18-43/h3-4,7-14,25,28H,5-6,15-20H2,1-2H3,(H,41,44)/t25-,28-/m0/s1. The van der Waals surface area contributed by atoms with Crippen LogP contribution in [0.2, 0.25) is 0 Å². The van der Waals surface area contributed by atoms with Crippen LogP contribution in [0.4, 0.5) is 17.6 Å². The SMILES string of the molecule is COC(=O)[C@H](Cc1cccc2c1CC[C@@H]2c1c(C(F)(F)F)c2ccccc2n(C)c1=O)NC(=O)c1c(F)cccc1CN1CCCC1. The second-order valence-corrected chi connectivity index (χ2v) is 12.3. The predicted molar refractivity (Wildman–Crippen MR) is 169 cm³/mol. The van der Waals surface area contributed by atoms with Gasteiger partial charge in [-0.2, -0.15) is 13.2 Å². The highest BCUT2D eigenvalue weighted by Crippen LogP contribution is 2.45. The number of carbonyl (C=O) groups is 2. The third kappa shape index (κ3) is 6.16. The zero-order chi connectivity index (χ0) is 33.5. The Kier molecular flexibility index (Phi) is 8.93. The van der Waals surface area contributed by atoms with Crippen molar-refractivity contribution in [3.05, 3.63) is 116 Å². The van der Waals surface area contributed by atoms with Gasteiger partial charge in [0.15, 0.2) is 0 Å². The van der Waals surface area contributed by atoms with E-state index in [2.05, 4.69) is 10.2 Å². The van der Waals surface area contributed by atoms with E-state index in [0.717, 1.165) is 25.9 Å². The lowest BCUT2D eigenvalue weighted by molar-refractivity contribution is -0.143. The van der Waals surface area contributed by atoms with E-state index in [1.54, 1.807) is 36.4 Å². The summed E-state index contributed by atoms with van der Waals surface area (Å²) in [5.41, 5.74) is 0.502. The second kappa shape index (κ2) is 12.9. The Morgan fingerprint density at radius 1 is 1.00 bits per heavy atom. The van der Waals surface area contributed by atoms with Gasteiger partial charge in [-0.1, -0.05) is 48.5 Å². The molecular weight excluding hydrogens is 614 g/mol. The van der Waals surface area contributed by atoms with Crippen molar-refractivity contribution in [3.8, 4) is 0 Å². The number of aryl methyl sites for hydroxylation is 1. The molecule has 0 saturated carbocycles. The highest BCUT2D eigenvalue weighted by Gasteiger charge is 2.42. The predicted octanol–water partition coefficient (Wildman–Crippen LogP) is 5.88. The average molecular weight is 650 g/mol. The molecule has 1 fully saturated rings. The highest BCUT2D eigenvalue weighted by atomic mass is 19.4. The number of likely N-dealkylation sites (tertiary alicyclic amines) is 1. The molecule has 246 valence electrons. The summed E-state index contributed by atoms with van der Waals surface area (Å²) in [5.74, 6) is -3.04. The lowest BCUT2D eigenvalue weighted by atomic mass is 9.87. The van der Waals surface area contributed by atoms with Crippen molar-refractivity contribution < 1.29 is 31.9 Å². The number of benzene rings is 3. The number of halogens is 4. The van der Waals surface area contributed by atoms with Gasteiger partial charge in [-0.15, -0.1) is 0 Å². The summed E-state index contributed by atoms with van der Waals surface area (Å²) in [6, 6.07) is 14.4. The first-order valence-electron chi connectivity index (χ1n) is 15.7. The van der Waals surface area contributed by atoms with Crippen molar-refractivity contribution >= 4 is 22.8 Å². The van der Waals surface area contributed by atoms with Crippen LogP contribution in [-0.2, 0) is 42.1 Å². The van der Waals surface area contributed by atoms with Gasteiger partial charge in [0.05, 0.1) is 23.8 Å². The summed E-state index contributed by atoms with van der Waals surface area (Å²) in [6.07, 6.45) is -2.14. The first kappa shape index (κ1) is 32.4. The van der Waals surface area contributed by atoms with Crippen molar-refractivity contribution in [2.75, 3.05) is 20.2 Å². The van der Waals surface area contributed by atoms with Crippen molar-refractivity contribution in [2.24, 2.45) is 7.05 Å². The van der Waals surface area contributed by atoms with Crippen LogP contribution in [0.15, 0.2) is 65.5 Å². The van der Waals surface area contributed by atoms with Crippen molar-refractivity contribution in [3.63, 3.8) is 0 Å². The lowest BCUT2D eigenvalue weighted by Gasteiger charge is -2.23. The molecule has 47 heavy (non-hydrogen) atoms. The van der Waals surface area contributed by atoms with E-state index >= 15 is 4.39 Å². The molecule has 2 aliphatic rings. The van der Waals surface area contributed by atoms with Gasteiger partial charge >= 0.3 is 12.1 Å². The lowest BCUT2D eigenvalue weighted by Crippen LogP contribution is -2.44. The fourth-order valence-electron chi connectivity index (χ4n) is 7.29. The molecule has 2 atom stereocenters. The van der Waals surface area contributed by atoms with E-state index in [1.807, 2.05) is 0 Å². The van der Waals surface area contributed by atoms with Crippen molar-refractivity contribution in [1.29, 1.82) is 0 Å². The normalized spacial score (nSPS) is 17.1. The van der Waals surface area contributed by atoms with E-state index in [0.29, 0.717) is 35.2 Å². The van der Waals surface area contributed by atoms with Gasteiger partial charge in [0.2, 0.25) is 0 Å². The molecule has 0 unspecified atom stereocenters. The molecule has 1 N–H and O–H groups in total. The monoisotopic (exact) mass is 649 g/mol. The summed E-state index contributed by atoms with van der Waals surface area (Å²) in [5, 5.41) is 2.62. The summed E-state index contributed by atoms with van der Waals surface area (Å²) in [4.78, 5) is 42.2. The Morgan fingerprint density at radius 2 is 1.70 bits per heavy atom. The van der Waals surface area contributed by atoms with E-state index in [9.17, 15) is 27.6 Å². The summed E-state index contributed by atoms with van der Waals surface area (Å²) < 4.78 is 65.3. The number of hydrogen-bond donors (Lipinski definition) is 1. The first-order chi connectivity index (χ1) is 22.5. The molecule has 3 aromatic carbocycles. The minimum absolute atomic E-state index is 0.0356. The maximum Gasteiger partial charge on any atom is 0.417 e. The molecule has 0 bridgehead atoms. The number of fused-ring (bicyclic) bond motifs is 2. The molecule has 2 heterocycles. The smallest absolute Gasteiger partial charge is 0.417 e. The molecule has 1 aliphatic carbocycles. The van der Waals surface area contributed by atoms with Crippen LogP contribution in [0.1, 0.15) is 68.9 Å². The molecule has 1 saturated heterocycles. The number of rotatable bonds is 8. The number of amides is 1. The number of hydrogen-bond acceptors (Lipinski definition) is 5. The van der Waals surface area contributed by atoms with Gasteiger partial charge in [0, 0.05) is 36.9 Å². The number of ether oxygens (including phenoxy) is 1. The van der Waals surface area contributed by atoms with Gasteiger partial charge in [0.25, 0.3) is 11.5 Å². The van der Waals surface area contributed by atoms with E-state index in [4.69, 9.17) is 4.74 Å². The number of nitrogens with one attached hydrogen (secondary N) is 1. The third-order valence-corrected chi connectivity index (χ3v) is 9.47. The van der Waals surface area contributed by atoms with E-state index in [-0.39, 0.29) is 34.9 Å². The molecule has 6 rings (SSSR count). The van der Waals surface area contributed by atoms with Crippen molar-refractivity contribution in [1.82, 2.24) is 14.8 Å².